The van der Waals surface area contributed by atoms with E-state index in [1.165, 1.54) is 17.5 Å². The summed E-state index contributed by atoms with van der Waals surface area (Å²) in [5, 5.41) is 21.7. The van der Waals surface area contributed by atoms with E-state index in [0.717, 1.165) is 5.69 Å². The third-order valence-corrected chi connectivity index (χ3v) is 4.60. The number of aromatic hydroxyl groups is 1. The van der Waals surface area contributed by atoms with Gasteiger partial charge in [-0.25, -0.2) is 9.97 Å². The number of pyridine rings is 1. The molecule has 25 heavy (non-hydrogen) atoms. The highest BCUT2D eigenvalue weighted by atomic mass is 32.1. The third kappa shape index (κ3) is 3.36. The first-order valence-electron chi connectivity index (χ1n) is 7.24. The maximum atomic E-state index is 12.0. The molecule has 8 nitrogen and oxygen atoms in total. The molecule has 3 N–H and O–H groups in total. The molecule has 0 spiro atoms. The lowest BCUT2D eigenvalue weighted by Crippen LogP contribution is -2.29. The summed E-state index contributed by atoms with van der Waals surface area (Å²) < 4.78 is 0.410. The maximum Gasteiger partial charge on any atom is 0.322 e. The molecule has 0 bridgehead atoms. The molecule has 3 rings (SSSR count). The number of fused-ring (bicyclic) bond motifs is 1. The number of aromatic nitrogens is 2. The Hall–Kier alpha value is -3.20. The van der Waals surface area contributed by atoms with Crippen LogP contribution in [0.3, 0.4) is 0 Å². The van der Waals surface area contributed by atoms with E-state index in [9.17, 15) is 14.7 Å². The lowest BCUT2D eigenvalue weighted by Gasteiger charge is -2.14. The minimum Gasteiger partial charge on any atom is -0.504 e. The van der Waals surface area contributed by atoms with Crippen LogP contribution in [-0.4, -0.2) is 45.6 Å². The van der Waals surface area contributed by atoms with Crippen molar-refractivity contribution in [2.45, 2.75) is 0 Å². The number of carboxylic acid groups (broad SMARTS) is 1. The zero-order valence-corrected chi connectivity index (χ0v) is 13.9. The zero-order chi connectivity index (χ0) is 18.0. The number of carbonyl (C=O) groups is 2. The summed E-state index contributed by atoms with van der Waals surface area (Å²) in [6.45, 7) is -0.553. The minimum absolute atomic E-state index is 0.230. The molecular formula is C16H14N4O4S. The number of aliphatic carboxylic acids is 1. The molecule has 3 aromatic rings. The lowest BCUT2D eigenvalue weighted by atomic mass is 10.3. The van der Waals surface area contributed by atoms with E-state index in [4.69, 9.17) is 5.11 Å². The van der Waals surface area contributed by atoms with E-state index in [2.05, 4.69) is 15.3 Å². The molecule has 0 saturated heterocycles. The van der Waals surface area contributed by atoms with Crippen LogP contribution in [-0.2, 0) is 4.79 Å². The van der Waals surface area contributed by atoms with E-state index in [1.807, 2.05) is 42.3 Å². The van der Waals surface area contributed by atoms with Crippen molar-refractivity contribution in [3.63, 3.8) is 0 Å². The highest BCUT2D eigenvalue weighted by Crippen LogP contribution is 2.37. The largest absolute Gasteiger partial charge is 0.504 e. The van der Waals surface area contributed by atoms with Gasteiger partial charge in [0.2, 0.25) is 0 Å². The number of rotatable bonds is 5. The number of hydrogen-bond acceptors (Lipinski definition) is 7. The van der Waals surface area contributed by atoms with E-state index >= 15 is 0 Å². The molecule has 0 aliphatic carbocycles. The SMILES string of the molecule is CN(c1ccccc1)c1nc2cnc(C(=O)NCC(=O)O)c(O)c2s1. The molecule has 9 heteroatoms. The summed E-state index contributed by atoms with van der Waals surface area (Å²) in [4.78, 5) is 32.7. The summed E-state index contributed by atoms with van der Waals surface area (Å²) in [7, 11) is 1.85. The van der Waals surface area contributed by atoms with Gasteiger partial charge in [-0.3, -0.25) is 9.59 Å². The highest BCUT2D eigenvalue weighted by molar-refractivity contribution is 7.22. The quantitative estimate of drug-likeness (QED) is 0.638. The fraction of sp³-hybridized carbons (Fsp3) is 0.125. The van der Waals surface area contributed by atoms with Gasteiger partial charge in [-0.2, -0.15) is 0 Å². The summed E-state index contributed by atoms with van der Waals surface area (Å²) in [6, 6.07) is 9.57. The van der Waals surface area contributed by atoms with Gasteiger partial charge in [-0.15, -0.1) is 0 Å². The molecule has 1 amide bonds. The summed E-state index contributed by atoms with van der Waals surface area (Å²) >= 11 is 1.21. The first-order valence-corrected chi connectivity index (χ1v) is 8.06. The first-order chi connectivity index (χ1) is 12.0. The lowest BCUT2D eigenvalue weighted by molar-refractivity contribution is -0.135. The molecule has 2 aromatic heterocycles. The summed E-state index contributed by atoms with van der Waals surface area (Å²) in [5.74, 6) is -2.25. The molecule has 0 saturated carbocycles. The van der Waals surface area contributed by atoms with Crippen LogP contribution in [0.25, 0.3) is 10.2 Å². The van der Waals surface area contributed by atoms with Gasteiger partial charge >= 0.3 is 5.97 Å². The fourth-order valence-electron chi connectivity index (χ4n) is 2.18. The minimum atomic E-state index is -1.18. The van der Waals surface area contributed by atoms with Crippen molar-refractivity contribution in [3.8, 4) is 5.75 Å². The van der Waals surface area contributed by atoms with E-state index in [0.29, 0.717) is 15.3 Å². The molecule has 128 valence electrons. The average Bonchev–Trinajstić information content (AvgIpc) is 3.05. The van der Waals surface area contributed by atoms with Crippen LogP contribution in [0.2, 0.25) is 0 Å². The molecule has 2 heterocycles. The van der Waals surface area contributed by atoms with Crippen LogP contribution < -0.4 is 10.2 Å². The first kappa shape index (κ1) is 16.7. The van der Waals surface area contributed by atoms with Gasteiger partial charge in [0.15, 0.2) is 16.6 Å². The van der Waals surface area contributed by atoms with Crippen LogP contribution in [0.15, 0.2) is 36.5 Å². The van der Waals surface area contributed by atoms with Crippen molar-refractivity contribution in [2.75, 3.05) is 18.5 Å². The van der Waals surface area contributed by atoms with Crippen molar-refractivity contribution in [2.24, 2.45) is 0 Å². The maximum absolute atomic E-state index is 12.0. The van der Waals surface area contributed by atoms with E-state index < -0.39 is 18.4 Å². The Morgan fingerprint density at radius 1 is 1.28 bits per heavy atom. The molecule has 0 radical (unpaired) electrons. The Kier molecular flexibility index (Phi) is 4.48. The average molecular weight is 358 g/mol. The van der Waals surface area contributed by atoms with Crippen LogP contribution in [0.4, 0.5) is 10.8 Å². The smallest absolute Gasteiger partial charge is 0.322 e. The number of para-hydroxylation sites is 1. The van der Waals surface area contributed by atoms with Crippen LogP contribution in [0.1, 0.15) is 10.5 Å². The van der Waals surface area contributed by atoms with Crippen molar-refractivity contribution < 1.29 is 19.8 Å². The van der Waals surface area contributed by atoms with Gasteiger partial charge in [0, 0.05) is 12.7 Å². The molecule has 0 unspecified atom stereocenters. The van der Waals surface area contributed by atoms with E-state index in [-0.39, 0.29) is 11.4 Å². The topological polar surface area (TPSA) is 116 Å². The second-order valence-electron chi connectivity index (χ2n) is 5.14. The molecule has 0 atom stereocenters. The van der Waals surface area contributed by atoms with Crippen molar-refractivity contribution in [3.05, 3.63) is 42.2 Å². The fourth-order valence-corrected chi connectivity index (χ4v) is 3.15. The molecule has 0 aliphatic rings. The van der Waals surface area contributed by atoms with Gasteiger partial charge in [0.05, 0.1) is 6.20 Å². The van der Waals surface area contributed by atoms with Crippen LogP contribution in [0.5, 0.6) is 5.75 Å². The van der Waals surface area contributed by atoms with Gasteiger partial charge in [-0.05, 0) is 12.1 Å². The van der Waals surface area contributed by atoms with E-state index in [1.54, 1.807) is 0 Å². The number of carboxylic acids is 1. The Morgan fingerprint density at radius 2 is 2.00 bits per heavy atom. The molecule has 1 aromatic carbocycles. The second kappa shape index (κ2) is 6.73. The number of anilines is 2. The van der Waals surface area contributed by atoms with Crippen molar-refractivity contribution >= 4 is 44.2 Å². The predicted octanol–water partition coefficient (Wildman–Crippen LogP) is 1.98. The molecule has 0 fully saturated rings. The normalized spacial score (nSPS) is 10.6. The number of benzene rings is 1. The summed E-state index contributed by atoms with van der Waals surface area (Å²) in [5.41, 5.74) is 1.15. The Bertz CT molecular complexity index is 942. The third-order valence-electron chi connectivity index (χ3n) is 3.44. The van der Waals surface area contributed by atoms with Gasteiger partial charge in [-0.1, -0.05) is 29.5 Å². The number of carbonyl (C=O) groups excluding carboxylic acids is 1. The second-order valence-corrected chi connectivity index (χ2v) is 6.11. The Morgan fingerprint density at radius 3 is 2.68 bits per heavy atom. The highest BCUT2D eigenvalue weighted by Gasteiger charge is 2.20. The molecular weight excluding hydrogens is 344 g/mol. The predicted molar refractivity (Wildman–Crippen MR) is 93.6 cm³/mol. The zero-order valence-electron chi connectivity index (χ0n) is 13.1. The number of nitrogens with zero attached hydrogens (tertiary/aromatic N) is 3. The summed E-state index contributed by atoms with van der Waals surface area (Å²) in [6.07, 6.45) is 1.38. The van der Waals surface area contributed by atoms with Crippen LogP contribution >= 0.6 is 11.3 Å². The van der Waals surface area contributed by atoms with Crippen molar-refractivity contribution in [1.29, 1.82) is 0 Å². The van der Waals surface area contributed by atoms with Gasteiger partial charge < -0.3 is 20.4 Å². The van der Waals surface area contributed by atoms with Gasteiger partial charge in [0.25, 0.3) is 5.91 Å². The number of thiazole rings is 1. The number of amides is 1. The van der Waals surface area contributed by atoms with Gasteiger partial charge in [0.1, 0.15) is 16.8 Å². The number of hydrogen-bond donors (Lipinski definition) is 3. The monoisotopic (exact) mass is 358 g/mol. The van der Waals surface area contributed by atoms with Crippen molar-refractivity contribution in [1.82, 2.24) is 15.3 Å². The standard InChI is InChI=1S/C16H14N4O4S/c1-20(9-5-3-2-4-6-9)16-19-10-7-17-12(13(23)14(10)25-16)15(24)18-8-11(21)22/h2-7,23H,8H2,1H3,(H,18,24)(H,21,22). The number of nitrogens with one attached hydrogen (secondary N) is 1. The molecule has 0 aliphatic heterocycles. The Labute approximate surface area is 146 Å². The van der Waals surface area contributed by atoms with Crippen LogP contribution in [0, 0.1) is 0 Å². The Balaban J connectivity index is 1.94.